The fourth-order valence-corrected chi connectivity index (χ4v) is 6.77. The van der Waals surface area contributed by atoms with Crippen molar-refractivity contribution in [2.45, 2.75) is 76.5 Å². The first-order valence-corrected chi connectivity index (χ1v) is 11.4. The van der Waals surface area contributed by atoms with E-state index in [4.69, 9.17) is 9.72 Å². The molecule has 0 amide bonds. The zero-order valence-corrected chi connectivity index (χ0v) is 17.8. The third-order valence-electron chi connectivity index (χ3n) is 6.80. The largest absolute Gasteiger partial charge is 0.425 e. The van der Waals surface area contributed by atoms with Crippen LogP contribution in [-0.4, -0.2) is 38.8 Å². The minimum atomic E-state index is -4.45. The lowest BCUT2D eigenvalue weighted by Gasteiger charge is -2.47. The second kappa shape index (κ2) is 7.32. The summed E-state index contributed by atoms with van der Waals surface area (Å²) in [6, 6.07) is 0.162. The molecule has 5 nitrogen and oxygen atoms in total. The molecule has 1 spiro atoms. The molecule has 0 bridgehead atoms. The first-order valence-electron chi connectivity index (χ1n) is 10.6. The number of ether oxygens (including phenoxy) is 1. The Morgan fingerprint density at radius 3 is 2.87 bits per heavy atom. The summed E-state index contributed by atoms with van der Waals surface area (Å²) >= 11 is 0.778. The Hall–Kier alpha value is -1.42. The van der Waals surface area contributed by atoms with Gasteiger partial charge in [0.2, 0.25) is 0 Å². The van der Waals surface area contributed by atoms with E-state index in [-0.39, 0.29) is 11.6 Å². The number of thiophene rings is 1. The van der Waals surface area contributed by atoms with Crippen molar-refractivity contribution in [3.63, 3.8) is 0 Å². The summed E-state index contributed by atoms with van der Waals surface area (Å²) < 4.78 is 49.1. The molecular formula is C21H26F3N3O2S. The molecule has 1 N–H and O–H groups in total. The van der Waals surface area contributed by atoms with Gasteiger partial charge in [-0.3, -0.25) is 4.90 Å². The van der Waals surface area contributed by atoms with E-state index in [1.807, 2.05) is 0 Å². The maximum absolute atomic E-state index is 13.6. The van der Waals surface area contributed by atoms with E-state index in [0.29, 0.717) is 36.3 Å². The van der Waals surface area contributed by atoms with Gasteiger partial charge in [-0.25, -0.2) is 4.98 Å². The summed E-state index contributed by atoms with van der Waals surface area (Å²) in [4.78, 5) is 7.12. The smallest absolute Gasteiger partial charge is 0.392 e. The summed E-state index contributed by atoms with van der Waals surface area (Å²) in [7, 11) is 0. The molecule has 5 rings (SSSR count). The summed E-state index contributed by atoms with van der Waals surface area (Å²) in [6.07, 6.45) is 1.60. The normalized spacial score (nSPS) is 26.9. The molecule has 3 aliphatic rings. The number of rotatable bonds is 3. The molecule has 2 aromatic heterocycles. The molecule has 5 heterocycles. The van der Waals surface area contributed by atoms with Crippen LogP contribution in [-0.2, 0) is 49.1 Å². The minimum Gasteiger partial charge on any atom is -0.392 e. The summed E-state index contributed by atoms with van der Waals surface area (Å²) in [5, 5.41) is 9.67. The maximum Gasteiger partial charge on any atom is 0.425 e. The number of aromatic nitrogens is 2. The summed E-state index contributed by atoms with van der Waals surface area (Å²) in [5.74, 6) is 1.15. The Bertz CT molecular complexity index is 933. The quantitative estimate of drug-likeness (QED) is 0.786. The van der Waals surface area contributed by atoms with Crippen LogP contribution in [0.4, 0.5) is 13.2 Å². The van der Waals surface area contributed by atoms with Crippen molar-refractivity contribution in [1.82, 2.24) is 14.5 Å². The standard InChI is InChI=1S/C21H26F3N3O2S/c1-13-9-20(5-7-26(13)10-14-11-27-6-2-3-17(27)25-14)18-15(4-8-29-20)16(12-28)19(30-18)21(22,23)24/h11,13,28H,2-10,12H2,1H3/t13-,20+/m0/s1. The summed E-state index contributed by atoms with van der Waals surface area (Å²) in [6.45, 7) is 4.47. The SMILES string of the molecule is C[C@H]1C[C@@]2(CCN1Cc1cn3c(n1)CCC3)OCCc1c2sc(C(F)(F)F)c1CO. The Labute approximate surface area is 177 Å². The molecule has 0 radical (unpaired) electrons. The fraction of sp³-hybridized carbons (Fsp3) is 0.667. The number of halogens is 3. The van der Waals surface area contributed by atoms with E-state index in [2.05, 4.69) is 22.6 Å². The monoisotopic (exact) mass is 441 g/mol. The first-order chi connectivity index (χ1) is 14.3. The van der Waals surface area contributed by atoms with Gasteiger partial charge in [-0.2, -0.15) is 13.2 Å². The van der Waals surface area contributed by atoms with Crippen LogP contribution in [0.2, 0.25) is 0 Å². The van der Waals surface area contributed by atoms with Crippen LogP contribution in [0.15, 0.2) is 6.20 Å². The van der Waals surface area contributed by atoms with Gasteiger partial charge in [0.05, 0.1) is 18.9 Å². The number of alkyl halides is 3. The van der Waals surface area contributed by atoms with Gasteiger partial charge in [0.1, 0.15) is 16.3 Å². The fourth-order valence-electron chi connectivity index (χ4n) is 5.37. The molecule has 30 heavy (non-hydrogen) atoms. The van der Waals surface area contributed by atoms with Crippen LogP contribution in [0.1, 0.15) is 58.6 Å². The van der Waals surface area contributed by atoms with Crippen molar-refractivity contribution >= 4 is 11.3 Å². The number of aryl methyl sites for hydroxylation is 2. The number of aliphatic hydroxyl groups is 1. The molecule has 0 unspecified atom stereocenters. The second-order valence-electron chi connectivity index (χ2n) is 8.69. The maximum atomic E-state index is 13.6. The lowest BCUT2D eigenvalue weighted by atomic mass is 9.81. The second-order valence-corrected chi connectivity index (χ2v) is 9.71. The lowest BCUT2D eigenvalue weighted by molar-refractivity contribution is -0.135. The van der Waals surface area contributed by atoms with Gasteiger partial charge in [-0.1, -0.05) is 0 Å². The highest BCUT2D eigenvalue weighted by Gasteiger charge is 2.48. The number of piperidine rings is 1. The molecule has 1 fully saturated rings. The van der Waals surface area contributed by atoms with Crippen LogP contribution < -0.4 is 0 Å². The third kappa shape index (κ3) is 3.30. The van der Waals surface area contributed by atoms with E-state index in [9.17, 15) is 18.3 Å². The number of nitrogens with zero attached hydrogens (tertiary/aromatic N) is 3. The average Bonchev–Trinajstić information content (AvgIpc) is 3.37. The van der Waals surface area contributed by atoms with Gasteiger partial charge in [-0.15, -0.1) is 11.3 Å². The highest BCUT2D eigenvalue weighted by molar-refractivity contribution is 7.12. The Morgan fingerprint density at radius 2 is 2.17 bits per heavy atom. The molecule has 3 aliphatic heterocycles. The number of likely N-dealkylation sites (tertiary alicyclic amines) is 1. The van der Waals surface area contributed by atoms with Gasteiger partial charge in [0.15, 0.2) is 0 Å². The molecule has 9 heteroatoms. The zero-order chi connectivity index (χ0) is 21.1. The van der Waals surface area contributed by atoms with Gasteiger partial charge in [0.25, 0.3) is 0 Å². The van der Waals surface area contributed by atoms with Gasteiger partial charge < -0.3 is 14.4 Å². The average molecular weight is 442 g/mol. The predicted molar refractivity (Wildman–Crippen MR) is 106 cm³/mol. The van der Waals surface area contributed by atoms with Crippen molar-refractivity contribution in [3.8, 4) is 0 Å². The van der Waals surface area contributed by atoms with E-state index in [0.717, 1.165) is 55.3 Å². The molecule has 1 saturated heterocycles. The van der Waals surface area contributed by atoms with Crippen molar-refractivity contribution in [1.29, 1.82) is 0 Å². The van der Waals surface area contributed by atoms with E-state index >= 15 is 0 Å². The van der Waals surface area contributed by atoms with Crippen LogP contribution >= 0.6 is 11.3 Å². The molecular weight excluding hydrogens is 415 g/mol. The highest BCUT2D eigenvalue weighted by atomic mass is 32.1. The van der Waals surface area contributed by atoms with E-state index < -0.39 is 23.3 Å². The zero-order valence-electron chi connectivity index (χ0n) is 17.0. The molecule has 164 valence electrons. The number of hydrogen-bond acceptors (Lipinski definition) is 5. The summed E-state index contributed by atoms with van der Waals surface area (Å²) in [5.41, 5.74) is 1.09. The number of fused-ring (bicyclic) bond motifs is 3. The first kappa shape index (κ1) is 20.5. The number of imidazole rings is 1. The van der Waals surface area contributed by atoms with Crippen LogP contribution in [0.3, 0.4) is 0 Å². The van der Waals surface area contributed by atoms with Gasteiger partial charge in [0, 0.05) is 48.7 Å². The van der Waals surface area contributed by atoms with Crippen LogP contribution in [0.5, 0.6) is 0 Å². The Morgan fingerprint density at radius 1 is 1.33 bits per heavy atom. The van der Waals surface area contributed by atoms with Crippen molar-refractivity contribution in [2.24, 2.45) is 0 Å². The van der Waals surface area contributed by atoms with Crippen molar-refractivity contribution in [3.05, 3.63) is 38.6 Å². The molecule has 0 aromatic carbocycles. The van der Waals surface area contributed by atoms with E-state index in [1.165, 1.54) is 0 Å². The molecule has 2 atom stereocenters. The highest BCUT2D eigenvalue weighted by Crippen LogP contribution is 2.51. The minimum absolute atomic E-state index is 0.0489. The van der Waals surface area contributed by atoms with Crippen molar-refractivity contribution in [2.75, 3.05) is 13.2 Å². The Balaban J connectivity index is 1.39. The topological polar surface area (TPSA) is 50.5 Å². The molecule has 0 aliphatic carbocycles. The van der Waals surface area contributed by atoms with E-state index in [1.54, 1.807) is 0 Å². The molecule has 0 saturated carbocycles. The third-order valence-corrected chi connectivity index (χ3v) is 8.31. The molecule has 2 aromatic rings. The van der Waals surface area contributed by atoms with Gasteiger partial charge >= 0.3 is 6.18 Å². The predicted octanol–water partition coefficient (Wildman–Crippen LogP) is 3.85. The van der Waals surface area contributed by atoms with Gasteiger partial charge in [-0.05, 0) is 38.2 Å². The number of aliphatic hydroxyl groups excluding tert-OH is 1. The lowest BCUT2D eigenvalue weighted by Crippen LogP contribution is -2.50. The van der Waals surface area contributed by atoms with Crippen LogP contribution in [0.25, 0.3) is 0 Å². The van der Waals surface area contributed by atoms with Crippen LogP contribution in [0, 0.1) is 0 Å². The Kier molecular flexibility index (Phi) is 5.00. The van der Waals surface area contributed by atoms with Crippen molar-refractivity contribution < 1.29 is 23.0 Å². The number of hydrogen-bond donors (Lipinski definition) is 1.